The van der Waals surface area contributed by atoms with Gasteiger partial charge < -0.3 is 19.6 Å². The molecule has 0 aromatic heterocycles. The topological polar surface area (TPSA) is 87.0 Å². The van der Waals surface area contributed by atoms with Gasteiger partial charge in [-0.15, -0.1) is 0 Å². The van der Waals surface area contributed by atoms with Crippen LogP contribution in [0.1, 0.15) is 48.4 Å². The minimum atomic E-state index is -3.94. The smallest absolute Gasteiger partial charge is 0.325 e. The van der Waals surface area contributed by atoms with E-state index in [2.05, 4.69) is 0 Å². The molecule has 0 aliphatic carbocycles. The Labute approximate surface area is 154 Å². The van der Waals surface area contributed by atoms with Crippen LogP contribution in [-0.4, -0.2) is 21.1 Å². The highest BCUT2D eigenvalue weighted by atomic mass is 31.2. The van der Waals surface area contributed by atoms with Crippen LogP contribution in [0.15, 0.2) is 30.3 Å². The van der Waals surface area contributed by atoms with Crippen LogP contribution < -0.4 is 4.74 Å². The summed E-state index contributed by atoms with van der Waals surface area (Å²) in [6.45, 7) is 7.95. The fraction of sp³-hybridized carbons (Fsp3) is 0.400. The quantitative estimate of drug-likeness (QED) is 0.588. The van der Waals surface area contributed by atoms with Crippen LogP contribution in [0.25, 0.3) is 0 Å². The first kappa shape index (κ1) is 20.5. The van der Waals surface area contributed by atoms with Gasteiger partial charge in [-0.1, -0.05) is 26.0 Å². The van der Waals surface area contributed by atoms with E-state index in [0.717, 1.165) is 28.0 Å². The largest absolute Gasteiger partial charge is 0.508 e. The first-order valence-corrected chi connectivity index (χ1v) is 10.5. The zero-order valence-corrected chi connectivity index (χ0v) is 16.6. The van der Waals surface area contributed by atoms with E-state index in [1.165, 1.54) is 0 Å². The molecule has 0 heterocycles. The molecule has 0 aliphatic rings. The number of hydrogen-bond acceptors (Lipinski definition) is 3. The molecule has 0 unspecified atom stereocenters. The first-order valence-electron chi connectivity index (χ1n) is 8.72. The van der Waals surface area contributed by atoms with Gasteiger partial charge in [-0.05, 0) is 67.5 Å². The standard InChI is InChI=1S/C20H27O5P/c1-13(2)18-12-17(7-8-19(18)21)25-20-14(3)10-16(11-15(20)4)6-5-9-26(22,23)24/h7-8,10-13,21H,5-6,9H2,1-4H3,(H2,22,23,24). The minimum Gasteiger partial charge on any atom is -0.508 e. The lowest BCUT2D eigenvalue weighted by Crippen LogP contribution is -1.97. The molecule has 0 fully saturated rings. The maximum absolute atomic E-state index is 11.0. The molecular formula is C20H27O5P. The number of aromatic hydroxyl groups is 1. The van der Waals surface area contributed by atoms with Crippen LogP contribution >= 0.6 is 7.60 Å². The van der Waals surface area contributed by atoms with Crippen molar-refractivity contribution >= 4 is 7.60 Å². The molecule has 0 amide bonds. The molecule has 3 N–H and O–H groups in total. The Morgan fingerprint density at radius 3 is 2.23 bits per heavy atom. The number of benzene rings is 2. The maximum atomic E-state index is 11.0. The second-order valence-electron chi connectivity index (χ2n) is 7.03. The van der Waals surface area contributed by atoms with Gasteiger partial charge in [-0.3, -0.25) is 4.57 Å². The number of rotatable bonds is 7. The van der Waals surface area contributed by atoms with E-state index in [1.54, 1.807) is 12.1 Å². The van der Waals surface area contributed by atoms with Crippen molar-refractivity contribution in [3.05, 3.63) is 52.6 Å². The molecule has 5 nitrogen and oxygen atoms in total. The summed E-state index contributed by atoms with van der Waals surface area (Å²) >= 11 is 0. The van der Waals surface area contributed by atoms with E-state index in [1.807, 2.05) is 45.9 Å². The van der Waals surface area contributed by atoms with Gasteiger partial charge in [0.1, 0.15) is 17.2 Å². The number of phenolic OH excluding ortho intramolecular Hbond substituents is 1. The SMILES string of the molecule is Cc1cc(CCCP(=O)(O)O)cc(C)c1Oc1ccc(O)c(C(C)C)c1. The van der Waals surface area contributed by atoms with Crippen molar-refractivity contribution in [2.75, 3.05) is 6.16 Å². The Balaban J connectivity index is 2.18. The third-order valence-corrected chi connectivity index (χ3v) is 5.17. The molecule has 2 aromatic carbocycles. The molecule has 0 saturated heterocycles. The summed E-state index contributed by atoms with van der Waals surface area (Å²) in [4.78, 5) is 17.9. The normalized spacial score (nSPS) is 11.8. The number of ether oxygens (including phenoxy) is 1. The van der Waals surface area contributed by atoms with Crippen LogP contribution in [-0.2, 0) is 11.0 Å². The lowest BCUT2D eigenvalue weighted by molar-refractivity contribution is 0.371. The lowest BCUT2D eigenvalue weighted by atomic mass is 10.0. The van der Waals surface area contributed by atoms with E-state index in [-0.39, 0.29) is 17.8 Å². The fourth-order valence-corrected chi connectivity index (χ4v) is 3.58. The predicted molar refractivity (Wildman–Crippen MR) is 103 cm³/mol. The van der Waals surface area contributed by atoms with Crippen molar-refractivity contribution in [1.29, 1.82) is 0 Å². The summed E-state index contributed by atoms with van der Waals surface area (Å²) in [5.74, 6) is 1.90. The molecular weight excluding hydrogens is 351 g/mol. The van der Waals surface area contributed by atoms with Crippen molar-refractivity contribution in [3.8, 4) is 17.2 Å². The molecule has 26 heavy (non-hydrogen) atoms. The van der Waals surface area contributed by atoms with Gasteiger partial charge in [0.2, 0.25) is 0 Å². The van der Waals surface area contributed by atoms with Gasteiger partial charge in [0.25, 0.3) is 0 Å². The Morgan fingerprint density at radius 1 is 1.08 bits per heavy atom. The van der Waals surface area contributed by atoms with E-state index in [0.29, 0.717) is 18.6 Å². The molecule has 142 valence electrons. The Morgan fingerprint density at radius 2 is 1.69 bits per heavy atom. The summed E-state index contributed by atoms with van der Waals surface area (Å²) in [7, 11) is -3.94. The lowest BCUT2D eigenvalue weighted by Gasteiger charge is -2.16. The van der Waals surface area contributed by atoms with Gasteiger partial charge in [0.05, 0.1) is 6.16 Å². The highest BCUT2D eigenvalue weighted by molar-refractivity contribution is 7.51. The van der Waals surface area contributed by atoms with Crippen molar-refractivity contribution in [1.82, 2.24) is 0 Å². The average Bonchev–Trinajstić information content (AvgIpc) is 2.51. The third kappa shape index (κ3) is 5.60. The fourth-order valence-electron chi connectivity index (χ4n) is 3.01. The van der Waals surface area contributed by atoms with Crippen LogP contribution in [0.5, 0.6) is 17.2 Å². The van der Waals surface area contributed by atoms with Gasteiger partial charge in [-0.25, -0.2) is 0 Å². The Hall–Kier alpha value is -1.81. The van der Waals surface area contributed by atoms with Gasteiger partial charge in [0, 0.05) is 5.56 Å². The summed E-state index contributed by atoms with van der Waals surface area (Å²) in [6.07, 6.45) is 0.956. The average molecular weight is 378 g/mol. The zero-order chi connectivity index (χ0) is 19.5. The maximum Gasteiger partial charge on any atom is 0.325 e. The van der Waals surface area contributed by atoms with Gasteiger partial charge in [0.15, 0.2) is 0 Å². The van der Waals surface area contributed by atoms with Crippen molar-refractivity contribution < 1.29 is 24.2 Å². The van der Waals surface area contributed by atoms with E-state index < -0.39 is 7.60 Å². The molecule has 0 bridgehead atoms. The number of phenols is 1. The summed E-state index contributed by atoms with van der Waals surface area (Å²) < 4.78 is 17.0. The Bertz CT molecular complexity index is 800. The van der Waals surface area contributed by atoms with Gasteiger partial charge in [-0.2, -0.15) is 0 Å². The van der Waals surface area contributed by atoms with E-state index in [9.17, 15) is 9.67 Å². The van der Waals surface area contributed by atoms with Crippen molar-refractivity contribution in [2.45, 2.75) is 46.5 Å². The highest BCUT2D eigenvalue weighted by Gasteiger charge is 2.14. The van der Waals surface area contributed by atoms with Crippen LogP contribution in [0.4, 0.5) is 0 Å². The van der Waals surface area contributed by atoms with Crippen molar-refractivity contribution in [2.24, 2.45) is 0 Å². The number of aryl methyl sites for hydroxylation is 3. The predicted octanol–water partition coefficient (Wildman–Crippen LogP) is 5.04. The molecule has 0 aliphatic heterocycles. The van der Waals surface area contributed by atoms with Crippen molar-refractivity contribution in [3.63, 3.8) is 0 Å². The molecule has 0 atom stereocenters. The summed E-state index contributed by atoms with van der Waals surface area (Å²) in [5, 5.41) is 9.95. The van der Waals surface area contributed by atoms with E-state index in [4.69, 9.17) is 14.5 Å². The molecule has 0 saturated carbocycles. The van der Waals surface area contributed by atoms with Gasteiger partial charge >= 0.3 is 7.60 Å². The molecule has 0 spiro atoms. The van der Waals surface area contributed by atoms with E-state index >= 15 is 0 Å². The van der Waals surface area contributed by atoms with Crippen LogP contribution in [0.2, 0.25) is 0 Å². The second kappa shape index (κ2) is 8.26. The Kier molecular flexibility index (Phi) is 6.51. The monoisotopic (exact) mass is 378 g/mol. The second-order valence-corrected chi connectivity index (χ2v) is 8.80. The van der Waals surface area contributed by atoms with Crippen LogP contribution in [0.3, 0.4) is 0 Å². The summed E-state index contributed by atoms with van der Waals surface area (Å²) in [6, 6.07) is 9.23. The molecule has 2 aromatic rings. The third-order valence-electron chi connectivity index (χ3n) is 4.28. The molecule has 2 rings (SSSR count). The van der Waals surface area contributed by atoms with Crippen LogP contribution in [0, 0.1) is 13.8 Å². The number of hydrogen-bond donors (Lipinski definition) is 3. The highest BCUT2D eigenvalue weighted by Crippen LogP contribution is 2.37. The zero-order valence-electron chi connectivity index (χ0n) is 15.7. The minimum absolute atomic E-state index is 0.102. The first-order chi connectivity index (χ1) is 12.1. The molecule has 6 heteroatoms. The molecule has 0 radical (unpaired) electrons. The summed E-state index contributed by atoms with van der Waals surface area (Å²) in [5.41, 5.74) is 3.81.